The monoisotopic (exact) mass is 426 g/mol. The van der Waals surface area contributed by atoms with Crippen molar-refractivity contribution >= 4 is 16.0 Å². The van der Waals surface area contributed by atoms with Crippen molar-refractivity contribution in [2.24, 2.45) is 4.99 Å². The second-order valence-electron chi connectivity index (χ2n) is 6.93. The average Bonchev–Trinajstić information content (AvgIpc) is 2.75. The van der Waals surface area contributed by atoms with Crippen LogP contribution in [0.3, 0.4) is 0 Å². The maximum absolute atomic E-state index is 11.8. The molecule has 2 rings (SSSR count). The van der Waals surface area contributed by atoms with Crippen molar-refractivity contribution in [1.82, 2.24) is 14.9 Å². The van der Waals surface area contributed by atoms with Gasteiger partial charge in [-0.3, -0.25) is 0 Å². The van der Waals surface area contributed by atoms with Gasteiger partial charge < -0.3 is 19.7 Å². The first-order valence-corrected chi connectivity index (χ1v) is 11.6. The average molecular weight is 427 g/mol. The van der Waals surface area contributed by atoms with Crippen LogP contribution in [-0.2, 0) is 26.0 Å². The van der Waals surface area contributed by atoms with Crippen molar-refractivity contribution in [2.75, 3.05) is 47.0 Å². The molecule has 0 spiro atoms. The van der Waals surface area contributed by atoms with Crippen LogP contribution in [0.15, 0.2) is 34.2 Å². The highest BCUT2D eigenvalue weighted by Crippen LogP contribution is 2.15. The molecule has 0 aromatic heterocycles. The number of rotatable bonds is 10. The molecule has 0 radical (unpaired) electrons. The van der Waals surface area contributed by atoms with Gasteiger partial charge in [-0.15, -0.1) is 0 Å². The second kappa shape index (κ2) is 12.1. The van der Waals surface area contributed by atoms with Crippen LogP contribution in [0, 0.1) is 0 Å². The fraction of sp³-hybridized carbons (Fsp3) is 0.650. The van der Waals surface area contributed by atoms with Gasteiger partial charge in [-0.2, -0.15) is 0 Å². The quantitative estimate of drug-likeness (QED) is 0.335. The predicted molar refractivity (Wildman–Crippen MR) is 115 cm³/mol. The van der Waals surface area contributed by atoms with Gasteiger partial charge in [0.05, 0.1) is 17.5 Å². The largest absolute Gasteiger partial charge is 0.385 e. The molecule has 1 aromatic rings. The fourth-order valence-electron chi connectivity index (χ4n) is 3.17. The van der Waals surface area contributed by atoms with E-state index in [9.17, 15) is 8.42 Å². The SMILES string of the molecule is CCNC(=NCc1ccc(S(=O)(=O)NC)cc1)N1CCC(OCCCOC)CC1. The Morgan fingerprint density at radius 3 is 2.48 bits per heavy atom. The first kappa shape index (κ1) is 23.6. The third-order valence-electron chi connectivity index (χ3n) is 4.84. The van der Waals surface area contributed by atoms with Crippen molar-refractivity contribution in [3.05, 3.63) is 29.8 Å². The molecular weight excluding hydrogens is 392 g/mol. The van der Waals surface area contributed by atoms with E-state index >= 15 is 0 Å². The van der Waals surface area contributed by atoms with E-state index in [0.29, 0.717) is 12.6 Å². The van der Waals surface area contributed by atoms with Crippen LogP contribution in [0.1, 0.15) is 31.7 Å². The van der Waals surface area contributed by atoms with E-state index < -0.39 is 10.0 Å². The molecule has 0 unspecified atom stereocenters. The summed E-state index contributed by atoms with van der Waals surface area (Å²) in [7, 11) is -0.299. The number of piperidine rings is 1. The lowest BCUT2D eigenvalue weighted by molar-refractivity contribution is 0.00990. The molecule has 9 heteroatoms. The summed E-state index contributed by atoms with van der Waals surface area (Å²) >= 11 is 0. The third-order valence-corrected chi connectivity index (χ3v) is 6.27. The Bertz CT molecular complexity index is 729. The minimum atomic E-state index is -3.41. The molecule has 1 saturated heterocycles. The molecule has 0 amide bonds. The van der Waals surface area contributed by atoms with Crippen molar-refractivity contribution in [3.63, 3.8) is 0 Å². The van der Waals surface area contributed by atoms with Gasteiger partial charge in [0.15, 0.2) is 5.96 Å². The Morgan fingerprint density at radius 1 is 1.21 bits per heavy atom. The maximum atomic E-state index is 11.8. The number of hydrogen-bond donors (Lipinski definition) is 2. The van der Waals surface area contributed by atoms with Gasteiger partial charge in [-0.1, -0.05) is 12.1 Å². The number of ether oxygens (including phenoxy) is 2. The highest BCUT2D eigenvalue weighted by atomic mass is 32.2. The molecule has 0 atom stereocenters. The van der Waals surface area contributed by atoms with Crippen LogP contribution in [0.4, 0.5) is 0 Å². The van der Waals surface area contributed by atoms with Crippen molar-refractivity contribution in [3.8, 4) is 0 Å². The normalized spacial score (nSPS) is 16.2. The minimum absolute atomic E-state index is 0.257. The Labute approximate surface area is 174 Å². The molecule has 8 nitrogen and oxygen atoms in total. The number of guanidine groups is 1. The van der Waals surface area contributed by atoms with E-state index in [1.54, 1.807) is 31.4 Å². The maximum Gasteiger partial charge on any atom is 0.240 e. The minimum Gasteiger partial charge on any atom is -0.385 e. The van der Waals surface area contributed by atoms with E-state index in [2.05, 4.69) is 21.9 Å². The molecule has 1 aromatic carbocycles. The lowest BCUT2D eigenvalue weighted by atomic mass is 10.1. The summed E-state index contributed by atoms with van der Waals surface area (Å²) in [5.74, 6) is 0.886. The number of aliphatic imine (C=N–C) groups is 1. The summed E-state index contributed by atoms with van der Waals surface area (Å²) in [5.41, 5.74) is 0.965. The van der Waals surface area contributed by atoms with Gasteiger partial charge in [0, 0.05) is 40.0 Å². The summed E-state index contributed by atoms with van der Waals surface area (Å²) in [6, 6.07) is 6.82. The van der Waals surface area contributed by atoms with Crippen molar-refractivity contribution < 1.29 is 17.9 Å². The molecule has 0 saturated carbocycles. The predicted octanol–water partition coefficient (Wildman–Crippen LogP) is 1.58. The lowest BCUT2D eigenvalue weighted by Gasteiger charge is -2.34. The van der Waals surface area contributed by atoms with E-state index in [0.717, 1.165) is 63.6 Å². The molecule has 1 fully saturated rings. The van der Waals surface area contributed by atoms with E-state index in [-0.39, 0.29) is 4.90 Å². The first-order chi connectivity index (χ1) is 14.0. The standard InChI is InChI=1S/C20H34N4O4S/c1-4-22-20(24-12-10-18(11-13-24)28-15-5-14-27-3)23-16-17-6-8-19(9-7-17)29(25,26)21-2/h6-9,18,21H,4-5,10-16H2,1-3H3,(H,22,23). The molecule has 164 valence electrons. The van der Waals surface area contributed by atoms with Gasteiger partial charge in [-0.05, 0) is 50.9 Å². The zero-order valence-electron chi connectivity index (χ0n) is 17.7. The number of benzene rings is 1. The zero-order chi connectivity index (χ0) is 21.1. The summed E-state index contributed by atoms with van der Waals surface area (Å²) in [6.45, 7) is 6.63. The molecule has 2 N–H and O–H groups in total. The van der Waals surface area contributed by atoms with E-state index in [4.69, 9.17) is 14.5 Å². The third kappa shape index (κ3) is 7.58. The molecule has 1 aliphatic heterocycles. The van der Waals surface area contributed by atoms with E-state index in [1.165, 1.54) is 7.05 Å². The molecule has 0 bridgehead atoms. The van der Waals surface area contributed by atoms with Crippen LogP contribution in [0.2, 0.25) is 0 Å². The van der Waals surface area contributed by atoms with Gasteiger partial charge in [-0.25, -0.2) is 18.1 Å². The van der Waals surface area contributed by atoms with Gasteiger partial charge in [0.2, 0.25) is 10.0 Å². The van der Waals surface area contributed by atoms with Crippen molar-refractivity contribution in [1.29, 1.82) is 0 Å². The number of nitrogens with one attached hydrogen (secondary N) is 2. The highest BCUT2D eigenvalue weighted by molar-refractivity contribution is 7.89. The summed E-state index contributed by atoms with van der Waals surface area (Å²) in [6.07, 6.45) is 3.18. The molecule has 1 heterocycles. The smallest absolute Gasteiger partial charge is 0.240 e. The second-order valence-corrected chi connectivity index (χ2v) is 8.81. The lowest BCUT2D eigenvalue weighted by Crippen LogP contribution is -2.47. The number of methoxy groups -OCH3 is 1. The zero-order valence-corrected chi connectivity index (χ0v) is 18.5. The molecule has 1 aliphatic rings. The highest BCUT2D eigenvalue weighted by Gasteiger charge is 2.21. The Kier molecular flexibility index (Phi) is 9.86. The van der Waals surface area contributed by atoms with Crippen LogP contribution < -0.4 is 10.0 Å². The van der Waals surface area contributed by atoms with Crippen molar-refractivity contribution in [2.45, 2.75) is 43.7 Å². The fourth-order valence-corrected chi connectivity index (χ4v) is 3.90. The van der Waals surface area contributed by atoms with Gasteiger partial charge in [0.1, 0.15) is 0 Å². The molecule has 0 aliphatic carbocycles. The topological polar surface area (TPSA) is 92.3 Å². The molecule has 29 heavy (non-hydrogen) atoms. The van der Waals surface area contributed by atoms with Gasteiger partial charge >= 0.3 is 0 Å². The number of hydrogen-bond acceptors (Lipinski definition) is 5. The number of nitrogens with zero attached hydrogens (tertiary/aromatic N) is 2. The Hall–Kier alpha value is -1.68. The summed E-state index contributed by atoms with van der Waals surface area (Å²) < 4.78 is 37.0. The van der Waals surface area contributed by atoms with Gasteiger partial charge in [0.25, 0.3) is 0 Å². The molecular formula is C20H34N4O4S. The number of sulfonamides is 1. The Morgan fingerprint density at radius 2 is 1.90 bits per heavy atom. The number of likely N-dealkylation sites (tertiary alicyclic amines) is 1. The van der Waals surface area contributed by atoms with Crippen LogP contribution in [0.25, 0.3) is 0 Å². The van der Waals surface area contributed by atoms with Crippen LogP contribution >= 0.6 is 0 Å². The summed E-state index contributed by atoms with van der Waals surface area (Å²) in [4.78, 5) is 7.26. The van der Waals surface area contributed by atoms with E-state index in [1.807, 2.05) is 0 Å². The Balaban J connectivity index is 1.90. The summed E-state index contributed by atoms with van der Waals surface area (Å²) in [5, 5.41) is 3.35. The first-order valence-electron chi connectivity index (χ1n) is 10.2. The van der Waals surface area contributed by atoms with Crippen LogP contribution in [-0.4, -0.2) is 72.4 Å². The van der Waals surface area contributed by atoms with Crippen LogP contribution in [0.5, 0.6) is 0 Å².